The predicted octanol–water partition coefficient (Wildman–Crippen LogP) is 13.2. The number of nitrogens with zero attached hydrogens (tertiary/aromatic N) is 3. The summed E-state index contributed by atoms with van der Waals surface area (Å²) in [6.07, 6.45) is 5.79. The number of aromatic nitrogens is 3. The highest BCUT2D eigenvalue weighted by Crippen LogP contribution is 2.53. The van der Waals surface area contributed by atoms with Gasteiger partial charge in [-0.1, -0.05) is 156 Å². The molecule has 3 heteroatoms. The fourth-order valence-electron chi connectivity index (χ4n) is 9.58. The predicted molar refractivity (Wildman–Crippen MR) is 227 cm³/mol. The maximum atomic E-state index is 5.18. The van der Waals surface area contributed by atoms with Gasteiger partial charge in [0.05, 0.1) is 0 Å². The lowest BCUT2D eigenvalue weighted by atomic mass is 9.74. The molecule has 1 unspecified atom stereocenters. The summed E-state index contributed by atoms with van der Waals surface area (Å²) in [5.74, 6) is 2.50. The molecule has 1 atom stereocenters. The second-order valence-corrected chi connectivity index (χ2v) is 16.5. The number of fused-ring (bicyclic) bond motifs is 5. The third-order valence-electron chi connectivity index (χ3n) is 12.4. The van der Waals surface area contributed by atoms with E-state index in [1.54, 1.807) is 5.57 Å². The molecule has 3 nitrogen and oxygen atoms in total. The van der Waals surface area contributed by atoms with Gasteiger partial charge in [0.2, 0.25) is 0 Å². The van der Waals surface area contributed by atoms with E-state index in [-0.39, 0.29) is 10.8 Å². The third kappa shape index (κ3) is 5.36. The summed E-state index contributed by atoms with van der Waals surface area (Å²) in [4.78, 5) is 15.4. The smallest absolute Gasteiger partial charge is 0.164 e. The Morgan fingerprint density at radius 2 is 0.927 bits per heavy atom. The second kappa shape index (κ2) is 12.4. The molecule has 0 fully saturated rings. The van der Waals surface area contributed by atoms with E-state index in [1.807, 2.05) is 36.4 Å². The van der Waals surface area contributed by atoms with Crippen molar-refractivity contribution in [3.05, 3.63) is 180 Å². The number of hydrogen-bond acceptors (Lipinski definition) is 3. The molecule has 0 saturated carbocycles. The number of allylic oxidation sites excluding steroid dienone is 4. The molecule has 1 heterocycles. The minimum Gasteiger partial charge on any atom is -0.208 e. The summed E-state index contributed by atoms with van der Waals surface area (Å²) in [6.45, 7) is 11.9. The molecule has 10 rings (SSSR count). The van der Waals surface area contributed by atoms with Crippen LogP contribution in [-0.4, -0.2) is 15.0 Å². The Labute approximate surface area is 324 Å². The lowest BCUT2D eigenvalue weighted by Gasteiger charge is -2.30. The van der Waals surface area contributed by atoms with E-state index < -0.39 is 0 Å². The summed E-state index contributed by atoms with van der Waals surface area (Å²) in [6, 6.07) is 50.3. The summed E-state index contributed by atoms with van der Waals surface area (Å²) >= 11 is 0. The minimum atomic E-state index is -0.102. The first-order valence-corrected chi connectivity index (χ1v) is 19.5. The van der Waals surface area contributed by atoms with Gasteiger partial charge in [0, 0.05) is 27.5 Å². The first-order valence-electron chi connectivity index (χ1n) is 19.5. The zero-order valence-electron chi connectivity index (χ0n) is 32.1. The van der Waals surface area contributed by atoms with Crippen LogP contribution in [0.4, 0.5) is 0 Å². The molecule has 0 bridgehead atoms. The van der Waals surface area contributed by atoms with Crippen molar-refractivity contribution in [3.63, 3.8) is 0 Å². The van der Waals surface area contributed by atoms with Gasteiger partial charge in [-0.3, -0.25) is 0 Å². The normalized spacial score (nSPS) is 17.1. The van der Waals surface area contributed by atoms with Crippen LogP contribution >= 0.6 is 0 Å². The van der Waals surface area contributed by atoms with Crippen molar-refractivity contribution in [1.29, 1.82) is 0 Å². The van der Waals surface area contributed by atoms with E-state index in [0.717, 1.165) is 34.2 Å². The molecule has 6 aromatic carbocycles. The highest BCUT2D eigenvalue weighted by atomic mass is 15.0. The van der Waals surface area contributed by atoms with Crippen LogP contribution in [0.15, 0.2) is 157 Å². The topological polar surface area (TPSA) is 38.7 Å². The fraction of sp³-hybridized carbons (Fsp3) is 0.173. The first kappa shape index (κ1) is 33.4. The summed E-state index contributed by atoms with van der Waals surface area (Å²) in [7, 11) is 0. The SMILES string of the molecule is CC1CC=CC2=C1C(C)(C)c1cc(-c3cc(-c4ccc5c(c4)C(C)(C)c4ccccc4-5)cc(-c4nc(-c5ccccc5)nc(-c5ccccc5)n4)c3)ccc12. The van der Waals surface area contributed by atoms with Crippen molar-refractivity contribution in [2.45, 2.75) is 51.9 Å². The second-order valence-electron chi connectivity index (χ2n) is 16.5. The molecule has 55 heavy (non-hydrogen) atoms. The van der Waals surface area contributed by atoms with Gasteiger partial charge in [0.25, 0.3) is 0 Å². The van der Waals surface area contributed by atoms with Gasteiger partial charge >= 0.3 is 0 Å². The van der Waals surface area contributed by atoms with Gasteiger partial charge in [-0.2, -0.15) is 0 Å². The monoisotopic (exact) mass is 709 g/mol. The van der Waals surface area contributed by atoms with Gasteiger partial charge in [-0.15, -0.1) is 0 Å². The largest absolute Gasteiger partial charge is 0.208 e. The van der Waals surface area contributed by atoms with E-state index in [1.165, 1.54) is 50.1 Å². The highest BCUT2D eigenvalue weighted by Gasteiger charge is 2.40. The molecule has 0 N–H and O–H groups in total. The minimum absolute atomic E-state index is 0.0464. The van der Waals surface area contributed by atoms with E-state index in [0.29, 0.717) is 23.4 Å². The maximum Gasteiger partial charge on any atom is 0.164 e. The van der Waals surface area contributed by atoms with Gasteiger partial charge < -0.3 is 0 Å². The Hall–Kier alpha value is -6.19. The lowest BCUT2D eigenvalue weighted by Crippen LogP contribution is -2.22. The Morgan fingerprint density at radius 1 is 0.436 bits per heavy atom. The van der Waals surface area contributed by atoms with Crippen LogP contribution in [-0.2, 0) is 10.8 Å². The zero-order chi connectivity index (χ0) is 37.5. The quantitative estimate of drug-likeness (QED) is 0.179. The van der Waals surface area contributed by atoms with Crippen molar-refractivity contribution < 1.29 is 0 Å². The lowest BCUT2D eigenvalue weighted by molar-refractivity contribution is 0.530. The molecule has 3 aliphatic carbocycles. The molecule has 0 saturated heterocycles. The molecule has 7 aromatic rings. The Bertz CT molecular complexity index is 2680. The fourth-order valence-corrected chi connectivity index (χ4v) is 9.58. The molecule has 0 spiro atoms. The summed E-state index contributed by atoms with van der Waals surface area (Å²) in [5.41, 5.74) is 18.5. The van der Waals surface area contributed by atoms with Crippen LogP contribution < -0.4 is 0 Å². The molecule has 3 aliphatic rings. The van der Waals surface area contributed by atoms with Crippen LogP contribution in [0.25, 0.3) is 73.1 Å². The van der Waals surface area contributed by atoms with Crippen LogP contribution in [0.3, 0.4) is 0 Å². The Balaban J connectivity index is 1.18. The van der Waals surface area contributed by atoms with Crippen molar-refractivity contribution >= 4 is 5.57 Å². The van der Waals surface area contributed by atoms with Crippen LogP contribution in [0.2, 0.25) is 0 Å². The Kier molecular flexibility index (Phi) is 7.54. The Morgan fingerprint density at radius 3 is 1.55 bits per heavy atom. The number of benzene rings is 6. The molecular formula is C52H43N3. The van der Waals surface area contributed by atoms with Crippen molar-refractivity contribution in [2.24, 2.45) is 5.92 Å². The average Bonchev–Trinajstić information content (AvgIpc) is 3.60. The van der Waals surface area contributed by atoms with Crippen molar-refractivity contribution in [1.82, 2.24) is 15.0 Å². The third-order valence-corrected chi connectivity index (χ3v) is 12.4. The van der Waals surface area contributed by atoms with Crippen LogP contribution in [0.5, 0.6) is 0 Å². The zero-order valence-corrected chi connectivity index (χ0v) is 32.1. The maximum absolute atomic E-state index is 5.18. The molecule has 0 amide bonds. The molecule has 0 aliphatic heterocycles. The molecule has 0 radical (unpaired) electrons. The van der Waals surface area contributed by atoms with Gasteiger partial charge in [0.15, 0.2) is 17.5 Å². The van der Waals surface area contributed by atoms with E-state index in [2.05, 4.69) is 150 Å². The van der Waals surface area contributed by atoms with Crippen molar-refractivity contribution in [3.8, 4) is 67.5 Å². The van der Waals surface area contributed by atoms with Crippen molar-refractivity contribution in [2.75, 3.05) is 0 Å². The molecular weight excluding hydrogens is 667 g/mol. The number of hydrogen-bond donors (Lipinski definition) is 0. The molecule has 1 aromatic heterocycles. The van der Waals surface area contributed by atoms with Gasteiger partial charge in [-0.25, -0.2) is 15.0 Å². The molecule has 266 valence electrons. The summed E-state index contributed by atoms with van der Waals surface area (Å²) in [5, 5.41) is 0. The van der Waals surface area contributed by atoms with E-state index in [9.17, 15) is 0 Å². The van der Waals surface area contributed by atoms with E-state index in [4.69, 9.17) is 15.0 Å². The highest BCUT2D eigenvalue weighted by molar-refractivity contribution is 5.90. The van der Waals surface area contributed by atoms with E-state index >= 15 is 0 Å². The number of rotatable bonds is 5. The van der Waals surface area contributed by atoms with Gasteiger partial charge in [0.1, 0.15) is 0 Å². The average molecular weight is 710 g/mol. The first-order chi connectivity index (χ1) is 26.7. The summed E-state index contributed by atoms with van der Waals surface area (Å²) < 4.78 is 0. The standard InChI is InChI=1S/C52H43N3/c1-32-15-14-21-43-42-26-24-36(31-46(42)52(4,5)47(32)43)38-27-37(35-23-25-41-40-20-12-13-22-44(40)51(2,3)45(41)30-35)28-39(29-38)50-54-48(33-16-8-6-9-17-33)53-49(55-50)34-18-10-7-11-19-34/h6-14,16-32H,15H2,1-5H3. The van der Waals surface area contributed by atoms with Crippen LogP contribution in [0, 0.1) is 5.92 Å². The van der Waals surface area contributed by atoms with Crippen LogP contribution in [0.1, 0.15) is 63.3 Å². The van der Waals surface area contributed by atoms with Gasteiger partial charge in [-0.05, 0) is 109 Å².